The molecule has 0 bridgehead atoms. The highest BCUT2D eigenvalue weighted by molar-refractivity contribution is 7.18. The van der Waals surface area contributed by atoms with Gasteiger partial charge >= 0.3 is 6.18 Å². The third kappa shape index (κ3) is 4.78. The van der Waals surface area contributed by atoms with Gasteiger partial charge in [0.15, 0.2) is 5.82 Å². The Bertz CT molecular complexity index is 1240. The van der Waals surface area contributed by atoms with Crippen molar-refractivity contribution in [3.63, 3.8) is 0 Å². The second-order valence-electron chi connectivity index (χ2n) is 9.08. The summed E-state index contributed by atoms with van der Waals surface area (Å²) in [5.41, 5.74) is 0. The molecule has 188 valence electrons. The van der Waals surface area contributed by atoms with Gasteiger partial charge in [0, 0.05) is 44.5 Å². The zero-order valence-corrected chi connectivity index (χ0v) is 20.4. The first-order valence-corrected chi connectivity index (χ1v) is 12.6. The monoisotopic (exact) mass is 508 g/mol. The van der Waals surface area contributed by atoms with Gasteiger partial charge in [-0.15, -0.1) is 21.5 Å². The molecule has 1 amide bonds. The Hall–Kier alpha value is -2.96. The maximum Gasteiger partial charge on any atom is 0.451 e. The third-order valence-corrected chi connectivity index (χ3v) is 7.51. The number of thiophene rings is 1. The summed E-state index contributed by atoms with van der Waals surface area (Å²) in [6, 6.07) is 2.10. The number of hydrogen-bond acceptors (Lipinski definition) is 8. The van der Waals surface area contributed by atoms with E-state index in [1.54, 1.807) is 11.3 Å². The van der Waals surface area contributed by atoms with Crippen molar-refractivity contribution in [1.82, 2.24) is 30.0 Å². The van der Waals surface area contributed by atoms with E-state index in [4.69, 9.17) is 9.97 Å². The zero-order valence-electron chi connectivity index (χ0n) is 19.6. The average Bonchev–Trinajstić information content (AvgIpc) is 3.53. The molecule has 0 spiro atoms. The van der Waals surface area contributed by atoms with E-state index in [1.807, 2.05) is 4.90 Å². The van der Waals surface area contributed by atoms with Crippen molar-refractivity contribution in [2.75, 3.05) is 36.0 Å². The number of aryl methyl sites for hydroxylation is 1. The number of alkyl halides is 3. The Balaban J connectivity index is 1.46. The number of amides is 1. The lowest BCUT2D eigenvalue weighted by atomic mass is 10.1. The van der Waals surface area contributed by atoms with E-state index in [2.05, 4.69) is 33.4 Å². The van der Waals surface area contributed by atoms with Crippen LogP contribution in [0.4, 0.5) is 24.9 Å². The Labute approximate surface area is 204 Å². The lowest BCUT2D eigenvalue weighted by Crippen LogP contribution is -2.36. The number of halogens is 3. The summed E-state index contributed by atoms with van der Waals surface area (Å²) in [6.45, 7) is 6.46. The SMILES string of the molecule is CCCc1cc2c(N3CCn4c(nnc4C(F)(F)F)C3)nc(N3CC[C@@H](CNC(C)=O)C3)nc2s1. The molecule has 5 heterocycles. The molecule has 0 unspecified atom stereocenters. The fraction of sp³-hybridized carbons (Fsp3) is 0.591. The summed E-state index contributed by atoms with van der Waals surface area (Å²) in [5.74, 6) is 0.927. The number of nitrogens with one attached hydrogen (secondary N) is 1. The second kappa shape index (κ2) is 9.25. The minimum Gasteiger partial charge on any atom is -0.356 e. The normalized spacial score (nSPS) is 18.4. The van der Waals surface area contributed by atoms with Crippen LogP contribution in [0, 0.1) is 5.92 Å². The molecule has 1 N–H and O–H groups in total. The van der Waals surface area contributed by atoms with E-state index < -0.39 is 12.0 Å². The van der Waals surface area contributed by atoms with Gasteiger partial charge in [-0.2, -0.15) is 18.2 Å². The van der Waals surface area contributed by atoms with Gasteiger partial charge in [-0.1, -0.05) is 13.3 Å². The van der Waals surface area contributed by atoms with E-state index in [1.165, 1.54) is 11.8 Å². The van der Waals surface area contributed by atoms with Crippen molar-refractivity contribution in [1.29, 1.82) is 0 Å². The van der Waals surface area contributed by atoms with E-state index in [-0.39, 0.29) is 24.8 Å². The highest BCUT2D eigenvalue weighted by atomic mass is 32.1. The number of fused-ring (bicyclic) bond motifs is 2. The van der Waals surface area contributed by atoms with Gasteiger partial charge in [-0.05, 0) is 24.8 Å². The minimum atomic E-state index is -4.53. The van der Waals surface area contributed by atoms with Crippen LogP contribution in [0.3, 0.4) is 0 Å². The molecule has 5 rings (SSSR count). The highest BCUT2D eigenvalue weighted by Gasteiger charge is 2.40. The second-order valence-corrected chi connectivity index (χ2v) is 10.2. The highest BCUT2D eigenvalue weighted by Crippen LogP contribution is 2.36. The topological polar surface area (TPSA) is 92.1 Å². The van der Waals surface area contributed by atoms with E-state index in [0.717, 1.165) is 53.0 Å². The van der Waals surface area contributed by atoms with Crippen LogP contribution in [-0.4, -0.2) is 56.8 Å². The van der Waals surface area contributed by atoms with Gasteiger partial charge in [0.1, 0.15) is 10.6 Å². The average molecular weight is 509 g/mol. The number of carbonyl (C=O) groups is 1. The van der Waals surface area contributed by atoms with Gasteiger partial charge in [0.2, 0.25) is 17.7 Å². The van der Waals surface area contributed by atoms with Crippen LogP contribution < -0.4 is 15.1 Å². The van der Waals surface area contributed by atoms with Crippen LogP contribution in [0.2, 0.25) is 0 Å². The fourth-order valence-corrected chi connectivity index (χ4v) is 5.83. The van der Waals surface area contributed by atoms with Crippen molar-refractivity contribution >= 4 is 39.2 Å². The largest absolute Gasteiger partial charge is 0.451 e. The molecule has 3 aromatic heterocycles. The molecular weight excluding hydrogens is 481 g/mol. The van der Waals surface area contributed by atoms with Crippen LogP contribution in [0.25, 0.3) is 10.2 Å². The smallest absolute Gasteiger partial charge is 0.356 e. The fourth-order valence-electron chi connectivity index (χ4n) is 4.71. The van der Waals surface area contributed by atoms with Crippen molar-refractivity contribution in [2.45, 2.75) is 52.4 Å². The van der Waals surface area contributed by atoms with Gasteiger partial charge in [0.25, 0.3) is 0 Å². The number of nitrogens with zero attached hydrogens (tertiary/aromatic N) is 7. The van der Waals surface area contributed by atoms with E-state index in [0.29, 0.717) is 25.0 Å². The van der Waals surface area contributed by atoms with Gasteiger partial charge in [0.05, 0.1) is 11.9 Å². The number of carbonyl (C=O) groups excluding carboxylic acids is 1. The summed E-state index contributed by atoms with van der Waals surface area (Å²) in [4.78, 5) is 27.3. The van der Waals surface area contributed by atoms with Crippen molar-refractivity contribution < 1.29 is 18.0 Å². The van der Waals surface area contributed by atoms with Crippen LogP contribution in [0.15, 0.2) is 6.07 Å². The first-order chi connectivity index (χ1) is 16.7. The minimum absolute atomic E-state index is 0.0444. The Morgan fingerprint density at radius 1 is 1.20 bits per heavy atom. The van der Waals surface area contributed by atoms with E-state index in [9.17, 15) is 18.0 Å². The molecule has 13 heteroatoms. The van der Waals surface area contributed by atoms with E-state index >= 15 is 0 Å². The molecular formula is C22H27F3N8OS. The first-order valence-electron chi connectivity index (χ1n) is 11.8. The number of hydrogen-bond donors (Lipinski definition) is 1. The molecule has 0 aliphatic carbocycles. The molecule has 3 aromatic rings. The Morgan fingerprint density at radius 2 is 2.03 bits per heavy atom. The summed E-state index contributed by atoms with van der Waals surface area (Å²) >= 11 is 1.64. The Kier molecular flexibility index (Phi) is 6.28. The third-order valence-electron chi connectivity index (χ3n) is 6.42. The zero-order chi connectivity index (χ0) is 24.7. The van der Waals surface area contributed by atoms with Gasteiger partial charge in [-0.25, -0.2) is 4.98 Å². The maximum absolute atomic E-state index is 13.3. The number of aromatic nitrogens is 5. The van der Waals surface area contributed by atoms with Crippen LogP contribution in [0.5, 0.6) is 0 Å². The van der Waals surface area contributed by atoms with Crippen molar-refractivity contribution in [3.05, 3.63) is 22.6 Å². The lowest BCUT2D eigenvalue weighted by molar-refractivity contribution is -0.147. The molecule has 0 saturated carbocycles. The molecule has 9 nitrogen and oxygen atoms in total. The number of anilines is 2. The van der Waals surface area contributed by atoms with Crippen molar-refractivity contribution in [3.8, 4) is 0 Å². The Morgan fingerprint density at radius 3 is 2.77 bits per heavy atom. The molecule has 1 saturated heterocycles. The molecule has 2 aliphatic rings. The van der Waals surface area contributed by atoms with Gasteiger partial charge < -0.3 is 19.7 Å². The molecule has 1 fully saturated rings. The molecule has 1 atom stereocenters. The summed E-state index contributed by atoms with van der Waals surface area (Å²) in [6.07, 6.45) is -1.67. The lowest BCUT2D eigenvalue weighted by Gasteiger charge is -2.30. The molecule has 2 aliphatic heterocycles. The van der Waals surface area contributed by atoms with Gasteiger partial charge in [-0.3, -0.25) is 4.79 Å². The van der Waals surface area contributed by atoms with Crippen LogP contribution in [0.1, 0.15) is 43.2 Å². The molecule has 0 aromatic carbocycles. The summed E-state index contributed by atoms with van der Waals surface area (Å²) in [5, 5.41) is 11.0. The first kappa shape index (κ1) is 23.8. The molecule has 0 radical (unpaired) electrons. The predicted octanol–water partition coefficient (Wildman–Crippen LogP) is 3.24. The van der Waals surface area contributed by atoms with Crippen molar-refractivity contribution in [2.24, 2.45) is 5.92 Å². The summed E-state index contributed by atoms with van der Waals surface area (Å²) < 4.78 is 41.0. The van der Waals surface area contributed by atoms with Crippen LogP contribution >= 0.6 is 11.3 Å². The maximum atomic E-state index is 13.3. The standard InChI is InChI=1S/C22H27F3N8OS/c1-3-4-15-9-16-18(31-7-8-33-17(12-31)29-30-20(33)22(23,24)25)27-21(28-19(16)35-15)32-6-5-14(11-32)10-26-13(2)34/h9,14H,3-8,10-12H2,1-2H3,(H,26,34)/t14-/m0/s1. The van der Waals surface area contributed by atoms with Crippen LogP contribution in [-0.2, 0) is 30.5 Å². The predicted molar refractivity (Wildman–Crippen MR) is 126 cm³/mol. The molecule has 35 heavy (non-hydrogen) atoms. The number of rotatable bonds is 6. The quantitative estimate of drug-likeness (QED) is 0.547. The summed E-state index contributed by atoms with van der Waals surface area (Å²) in [7, 11) is 0.